The van der Waals surface area contributed by atoms with Crippen LogP contribution in [0.1, 0.15) is 24.0 Å². The summed E-state index contributed by atoms with van der Waals surface area (Å²) in [5, 5.41) is 0. The van der Waals surface area contributed by atoms with Crippen LogP contribution in [0.5, 0.6) is 5.75 Å². The molecule has 0 bridgehead atoms. The van der Waals surface area contributed by atoms with E-state index in [1.54, 1.807) is 35.1 Å². The zero-order valence-corrected chi connectivity index (χ0v) is 17.6. The van der Waals surface area contributed by atoms with Gasteiger partial charge in [0.25, 0.3) is 0 Å². The molecule has 1 aliphatic heterocycles. The van der Waals surface area contributed by atoms with Crippen LogP contribution in [0.15, 0.2) is 48.5 Å². The zero-order valence-electron chi connectivity index (χ0n) is 17.6. The third kappa shape index (κ3) is 5.41. The van der Waals surface area contributed by atoms with Gasteiger partial charge in [-0.25, -0.2) is 4.39 Å². The van der Waals surface area contributed by atoms with Gasteiger partial charge < -0.3 is 19.3 Å². The quantitative estimate of drug-likeness (QED) is 0.683. The third-order valence-corrected chi connectivity index (χ3v) is 5.73. The van der Waals surface area contributed by atoms with Gasteiger partial charge in [0.15, 0.2) is 0 Å². The molecule has 1 unspecified atom stereocenters. The topological polar surface area (TPSA) is 59.1 Å². The van der Waals surface area contributed by atoms with Gasteiger partial charge in [0, 0.05) is 31.1 Å². The van der Waals surface area contributed by atoms with E-state index in [0.29, 0.717) is 25.2 Å². The molecule has 2 aromatic carbocycles. The van der Waals surface area contributed by atoms with Crippen LogP contribution in [0.4, 0.5) is 4.39 Å². The maximum absolute atomic E-state index is 14.0. The summed E-state index contributed by atoms with van der Waals surface area (Å²) in [6.45, 7) is 1.22. The summed E-state index contributed by atoms with van der Waals surface area (Å²) in [7, 11) is 1.61. The lowest BCUT2D eigenvalue weighted by Crippen LogP contribution is -2.40. The van der Waals surface area contributed by atoms with E-state index in [0.717, 1.165) is 24.2 Å². The number of benzene rings is 2. The molecule has 1 aliphatic carbocycles. The van der Waals surface area contributed by atoms with Crippen molar-refractivity contribution < 1.29 is 23.5 Å². The van der Waals surface area contributed by atoms with E-state index in [9.17, 15) is 14.0 Å². The first kappa shape index (κ1) is 21.3. The van der Waals surface area contributed by atoms with Gasteiger partial charge in [0.05, 0.1) is 26.4 Å². The van der Waals surface area contributed by atoms with E-state index < -0.39 is 6.10 Å². The first-order valence-corrected chi connectivity index (χ1v) is 10.6. The summed E-state index contributed by atoms with van der Waals surface area (Å²) in [6.07, 6.45) is 1.35. The van der Waals surface area contributed by atoms with E-state index in [-0.39, 0.29) is 36.7 Å². The van der Waals surface area contributed by atoms with Gasteiger partial charge in [-0.15, -0.1) is 0 Å². The summed E-state index contributed by atoms with van der Waals surface area (Å²) in [6, 6.07) is 14.0. The lowest BCUT2D eigenvalue weighted by Gasteiger charge is -2.25. The molecule has 0 spiro atoms. The van der Waals surface area contributed by atoms with E-state index in [1.807, 2.05) is 24.3 Å². The average molecular weight is 426 g/mol. The number of nitrogens with zero attached hydrogens (tertiary/aromatic N) is 2. The second kappa shape index (κ2) is 9.47. The van der Waals surface area contributed by atoms with Crippen molar-refractivity contribution in [3.05, 3.63) is 65.5 Å². The van der Waals surface area contributed by atoms with Gasteiger partial charge in [-0.2, -0.15) is 0 Å². The van der Waals surface area contributed by atoms with Crippen molar-refractivity contribution in [2.75, 3.05) is 26.7 Å². The Balaban J connectivity index is 1.48. The van der Waals surface area contributed by atoms with E-state index >= 15 is 0 Å². The summed E-state index contributed by atoms with van der Waals surface area (Å²) < 4.78 is 25.2. The fraction of sp³-hybridized carbons (Fsp3) is 0.417. The molecule has 2 aliphatic rings. The first-order chi connectivity index (χ1) is 15.0. The highest BCUT2D eigenvalue weighted by molar-refractivity contribution is 5.87. The van der Waals surface area contributed by atoms with E-state index in [2.05, 4.69) is 0 Å². The van der Waals surface area contributed by atoms with E-state index in [1.165, 1.54) is 6.07 Å². The SMILES string of the molecule is COc1ccc(CN2CC(OCc3ccccc3F)CN(C(=O)C3CC3)CC2=O)cc1. The molecule has 1 heterocycles. The third-order valence-electron chi connectivity index (χ3n) is 5.73. The van der Waals surface area contributed by atoms with Crippen molar-refractivity contribution in [1.82, 2.24) is 9.80 Å². The van der Waals surface area contributed by atoms with Crippen LogP contribution < -0.4 is 4.74 Å². The summed E-state index contributed by atoms with van der Waals surface area (Å²) in [5.41, 5.74) is 1.42. The Morgan fingerprint density at radius 1 is 1.10 bits per heavy atom. The number of hydrogen-bond acceptors (Lipinski definition) is 4. The molecule has 164 valence electrons. The highest BCUT2D eigenvalue weighted by Crippen LogP contribution is 2.31. The van der Waals surface area contributed by atoms with Crippen molar-refractivity contribution in [2.24, 2.45) is 5.92 Å². The molecular formula is C24H27FN2O4. The fourth-order valence-corrected chi connectivity index (χ4v) is 3.77. The molecule has 1 atom stereocenters. The summed E-state index contributed by atoms with van der Waals surface area (Å²) >= 11 is 0. The number of methoxy groups -OCH3 is 1. The number of amides is 2. The summed E-state index contributed by atoms with van der Waals surface area (Å²) in [5.74, 6) is 0.348. The predicted molar refractivity (Wildman–Crippen MR) is 113 cm³/mol. The number of carbonyl (C=O) groups is 2. The Hall–Kier alpha value is -2.93. The van der Waals surface area contributed by atoms with Crippen molar-refractivity contribution in [2.45, 2.75) is 32.1 Å². The molecule has 0 radical (unpaired) electrons. The van der Waals surface area contributed by atoms with Crippen molar-refractivity contribution in [3.63, 3.8) is 0 Å². The number of rotatable bonds is 7. The highest BCUT2D eigenvalue weighted by Gasteiger charge is 2.38. The Kier molecular flexibility index (Phi) is 6.51. The molecule has 0 N–H and O–H groups in total. The van der Waals surface area contributed by atoms with Crippen LogP contribution in [0.3, 0.4) is 0 Å². The van der Waals surface area contributed by atoms with Crippen LogP contribution >= 0.6 is 0 Å². The number of hydrogen-bond donors (Lipinski definition) is 0. The highest BCUT2D eigenvalue weighted by atomic mass is 19.1. The fourth-order valence-electron chi connectivity index (χ4n) is 3.77. The van der Waals surface area contributed by atoms with Crippen LogP contribution in [0, 0.1) is 11.7 Å². The van der Waals surface area contributed by atoms with Crippen molar-refractivity contribution in [1.29, 1.82) is 0 Å². The largest absolute Gasteiger partial charge is 0.497 e. The molecule has 6 nitrogen and oxygen atoms in total. The Morgan fingerprint density at radius 3 is 2.52 bits per heavy atom. The standard InChI is InChI=1S/C24H27FN2O4/c1-30-20-10-6-17(7-11-20)12-26-13-21(31-16-19-4-2-3-5-22(19)25)14-27(15-23(26)28)24(29)18-8-9-18/h2-7,10-11,18,21H,8-9,12-16H2,1H3. The van der Waals surface area contributed by atoms with Gasteiger partial charge >= 0.3 is 0 Å². The van der Waals surface area contributed by atoms with Crippen molar-refractivity contribution in [3.8, 4) is 5.75 Å². The molecule has 1 saturated carbocycles. The van der Waals surface area contributed by atoms with E-state index in [4.69, 9.17) is 9.47 Å². The monoisotopic (exact) mass is 426 g/mol. The Morgan fingerprint density at radius 2 is 1.84 bits per heavy atom. The normalized spacial score (nSPS) is 19.3. The van der Waals surface area contributed by atoms with Crippen LogP contribution in [-0.4, -0.2) is 54.5 Å². The zero-order chi connectivity index (χ0) is 21.8. The second-order valence-electron chi connectivity index (χ2n) is 8.14. The molecule has 31 heavy (non-hydrogen) atoms. The lowest BCUT2D eigenvalue weighted by atomic mass is 10.2. The smallest absolute Gasteiger partial charge is 0.242 e. The molecule has 2 amide bonds. The molecule has 7 heteroatoms. The Labute approximate surface area is 181 Å². The summed E-state index contributed by atoms with van der Waals surface area (Å²) in [4.78, 5) is 29.0. The number of carbonyl (C=O) groups excluding carboxylic acids is 2. The maximum Gasteiger partial charge on any atom is 0.242 e. The Bertz CT molecular complexity index is 929. The molecule has 4 rings (SSSR count). The van der Waals surface area contributed by atoms with Crippen LogP contribution in [0.2, 0.25) is 0 Å². The van der Waals surface area contributed by atoms with Crippen LogP contribution in [-0.2, 0) is 27.5 Å². The van der Waals surface area contributed by atoms with Crippen LogP contribution in [0.25, 0.3) is 0 Å². The minimum Gasteiger partial charge on any atom is -0.497 e. The van der Waals surface area contributed by atoms with Gasteiger partial charge in [-0.1, -0.05) is 30.3 Å². The lowest BCUT2D eigenvalue weighted by molar-refractivity contribution is -0.139. The maximum atomic E-state index is 14.0. The molecule has 0 aromatic heterocycles. The van der Waals surface area contributed by atoms with Gasteiger partial charge in [-0.3, -0.25) is 9.59 Å². The molecule has 2 aromatic rings. The van der Waals surface area contributed by atoms with Gasteiger partial charge in [-0.05, 0) is 36.6 Å². The minimum absolute atomic E-state index is 0.0131. The minimum atomic E-state index is -0.396. The first-order valence-electron chi connectivity index (χ1n) is 10.6. The number of ether oxygens (including phenoxy) is 2. The second-order valence-corrected chi connectivity index (χ2v) is 8.14. The van der Waals surface area contributed by atoms with Gasteiger partial charge in [0.2, 0.25) is 11.8 Å². The molecule has 2 fully saturated rings. The van der Waals surface area contributed by atoms with Gasteiger partial charge in [0.1, 0.15) is 11.6 Å². The average Bonchev–Trinajstić information content (AvgIpc) is 3.63. The predicted octanol–water partition coefficient (Wildman–Crippen LogP) is 3.00. The number of halogens is 1. The van der Waals surface area contributed by atoms with Crippen molar-refractivity contribution >= 4 is 11.8 Å². The molecular weight excluding hydrogens is 399 g/mol. The molecule has 1 saturated heterocycles.